The van der Waals surface area contributed by atoms with Crippen LogP contribution < -0.4 is 29.6 Å². The minimum atomic E-state index is -3.30. The van der Waals surface area contributed by atoms with E-state index in [1.165, 1.54) is 6.08 Å². The molecule has 0 heterocycles. The fraction of sp³-hybridized carbons (Fsp3) is 0.600. The molecule has 0 aromatic heterocycles. The summed E-state index contributed by atoms with van der Waals surface area (Å²) in [5.41, 5.74) is 0. The van der Waals surface area contributed by atoms with E-state index < -0.39 is 10.1 Å². The first kappa shape index (κ1) is 13.3. The SMILES string of the molecule is C=CCS(=O)(=O)OCC.[H-].[Na+]. The first-order valence-electron chi connectivity index (χ1n) is 2.60. The van der Waals surface area contributed by atoms with Gasteiger partial charge in [-0.2, -0.15) is 8.42 Å². The average molecular weight is 174 g/mol. The summed E-state index contributed by atoms with van der Waals surface area (Å²) in [6, 6.07) is 0. The average Bonchev–Trinajstić information content (AvgIpc) is 1.64. The minimum Gasteiger partial charge on any atom is -1.00 e. The zero-order valence-electron chi connectivity index (χ0n) is 7.33. The summed E-state index contributed by atoms with van der Waals surface area (Å²) < 4.78 is 25.4. The van der Waals surface area contributed by atoms with Crippen molar-refractivity contribution < 1.29 is 43.6 Å². The largest absolute Gasteiger partial charge is 1.00 e. The molecule has 0 bridgehead atoms. The molecular formula is C5H11NaO3S. The Balaban J connectivity index is -0.000000320. The summed E-state index contributed by atoms with van der Waals surface area (Å²) in [7, 11) is -3.30. The molecule has 0 aromatic rings. The molecule has 0 rings (SSSR count). The molecule has 0 unspecified atom stereocenters. The monoisotopic (exact) mass is 174 g/mol. The second kappa shape index (κ2) is 6.37. The quantitative estimate of drug-likeness (QED) is 0.272. The van der Waals surface area contributed by atoms with Crippen molar-refractivity contribution in [2.24, 2.45) is 0 Å². The molecular weight excluding hydrogens is 163 g/mol. The van der Waals surface area contributed by atoms with Gasteiger partial charge in [-0.05, 0) is 6.92 Å². The zero-order valence-corrected chi connectivity index (χ0v) is 9.15. The Morgan fingerprint density at radius 3 is 2.50 bits per heavy atom. The Bertz CT molecular complexity index is 178. The van der Waals surface area contributed by atoms with Crippen LogP contribution in [0.2, 0.25) is 0 Å². The van der Waals surface area contributed by atoms with Crippen LogP contribution in [-0.2, 0) is 14.3 Å². The van der Waals surface area contributed by atoms with Gasteiger partial charge in [0.05, 0.1) is 12.4 Å². The van der Waals surface area contributed by atoms with Crippen LogP contribution in [0.4, 0.5) is 0 Å². The van der Waals surface area contributed by atoms with E-state index in [2.05, 4.69) is 10.8 Å². The Hall–Kier alpha value is 0.650. The summed E-state index contributed by atoms with van der Waals surface area (Å²) in [4.78, 5) is 0. The minimum absolute atomic E-state index is 0. The van der Waals surface area contributed by atoms with Gasteiger partial charge in [-0.15, -0.1) is 6.58 Å². The molecule has 0 aliphatic heterocycles. The maximum absolute atomic E-state index is 10.5. The molecule has 0 radical (unpaired) electrons. The van der Waals surface area contributed by atoms with E-state index in [9.17, 15) is 8.42 Å². The van der Waals surface area contributed by atoms with Gasteiger partial charge in [0.25, 0.3) is 10.1 Å². The van der Waals surface area contributed by atoms with E-state index in [4.69, 9.17) is 0 Å². The maximum atomic E-state index is 10.5. The standard InChI is InChI=1S/C5H10O3S.Na.H/c1-3-5-9(6,7)8-4-2;;/h3H,1,4-5H2,2H3;;/q;+1;-1. The molecule has 0 atom stereocenters. The van der Waals surface area contributed by atoms with Crippen molar-refractivity contribution in [1.82, 2.24) is 0 Å². The van der Waals surface area contributed by atoms with Crippen molar-refractivity contribution in [3.05, 3.63) is 12.7 Å². The predicted octanol–water partition coefficient (Wildman–Crippen LogP) is -2.34. The van der Waals surface area contributed by atoms with Crippen LogP contribution in [-0.4, -0.2) is 20.8 Å². The van der Waals surface area contributed by atoms with E-state index in [1.54, 1.807) is 6.92 Å². The van der Waals surface area contributed by atoms with E-state index in [-0.39, 0.29) is 43.3 Å². The number of rotatable bonds is 4. The molecule has 5 heteroatoms. The molecule has 3 nitrogen and oxygen atoms in total. The normalized spacial score (nSPS) is 10.1. The fourth-order valence-electron chi connectivity index (χ4n) is 0.372. The van der Waals surface area contributed by atoms with Gasteiger partial charge in [0.15, 0.2) is 0 Å². The molecule has 0 saturated carbocycles. The van der Waals surface area contributed by atoms with Gasteiger partial charge in [0.1, 0.15) is 0 Å². The summed E-state index contributed by atoms with van der Waals surface area (Å²) in [5, 5.41) is 0. The van der Waals surface area contributed by atoms with Crippen molar-refractivity contribution in [3.63, 3.8) is 0 Å². The first-order chi connectivity index (χ1) is 4.12. The zero-order chi connectivity index (χ0) is 7.33. The van der Waals surface area contributed by atoms with Crippen LogP contribution in [0.5, 0.6) is 0 Å². The summed E-state index contributed by atoms with van der Waals surface area (Å²) in [5.74, 6) is -0.110. The third-order valence-corrected chi connectivity index (χ3v) is 1.86. The van der Waals surface area contributed by atoms with Gasteiger partial charge >= 0.3 is 29.6 Å². The molecule has 56 valence electrons. The molecule has 0 saturated heterocycles. The second-order valence-corrected chi connectivity index (χ2v) is 3.10. The van der Waals surface area contributed by atoms with E-state index in [0.717, 1.165) is 0 Å². The van der Waals surface area contributed by atoms with Crippen LogP contribution in [0, 0.1) is 0 Å². The Morgan fingerprint density at radius 1 is 1.70 bits per heavy atom. The van der Waals surface area contributed by atoms with Crippen molar-refractivity contribution >= 4 is 10.1 Å². The first-order valence-corrected chi connectivity index (χ1v) is 4.18. The molecule has 0 N–H and O–H groups in total. The molecule has 0 aliphatic carbocycles. The predicted molar refractivity (Wildman–Crippen MR) is 36.7 cm³/mol. The summed E-state index contributed by atoms with van der Waals surface area (Å²) >= 11 is 0. The third kappa shape index (κ3) is 6.77. The van der Waals surface area contributed by atoms with Crippen molar-refractivity contribution in [3.8, 4) is 0 Å². The van der Waals surface area contributed by atoms with Crippen LogP contribution >= 0.6 is 0 Å². The van der Waals surface area contributed by atoms with Gasteiger partial charge < -0.3 is 1.43 Å². The van der Waals surface area contributed by atoms with Gasteiger partial charge in [-0.1, -0.05) is 6.08 Å². The van der Waals surface area contributed by atoms with Crippen molar-refractivity contribution in [2.45, 2.75) is 6.92 Å². The molecule has 0 fully saturated rings. The van der Waals surface area contributed by atoms with Crippen LogP contribution in [0.25, 0.3) is 0 Å². The topological polar surface area (TPSA) is 43.4 Å². The van der Waals surface area contributed by atoms with E-state index >= 15 is 0 Å². The van der Waals surface area contributed by atoms with Gasteiger partial charge in [-0.25, -0.2) is 0 Å². The Morgan fingerprint density at radius 2 is 2.20 bits per heavy atom. The summed E-state index contributed by atoms with van der Waals surface area (Å²) in [6.07, 6.45) is 1.30. The molecule has 10 heavy (non-hydrogen) atoms. The summed E-state index contributed by atoms with van der Waals surface area (Å²) in [6.45, 7) is 5.09. The third-order valence-electron chi connectivity index (χ3n) is 0.619. The van der Waals surface area contributed by atoms with Crippen LogP contribution in [0.3, 0.4) is 0 Å². The second-order valence-electron chi connectivity index (χ2n) is 1.42. The Kier molecular flexibility index (Phi) is 8.44. The smallest absolute Gasteiger partial charge is 1.00 e. The van der Waals surface area contributed by atoms with E-state index in [1.807, 2.05) is 0 Å². The van der Waals surface area contributed by atoms with Crippen molar-refractivity contribution in [1.29, 1.82) is 0 Å². The molecule has 0 spiro atoms. The number of hydrogen-bond acceptors (Lipinski definition) is 3. The maximum Gasteiger partial charge on any atom is 1.00 e. The molecule has 0 aliphatic rings. The van der Waals surface area contributed by atoms with Crippen molar-refractivity contribution in [2.75, 3.05) is 12.4 Å². The van der Waals surface area contributed by atoms with Gasteiger partial charge in [0.2, 0.25) is 0 Å². The molecule has 0 amide bonds. The van der Waals surface area contributed by atoms with Crippen LogP contribution in [0.1, 0.15) is 8.35 Å². The van der Waals surface area contributed by atoms with Crippen LogP contribution in [0.15, 0.2) is 12.7 Å². The van der Waals surface area contributed by atoms with Gasteiger partial charge in [0, 0.05) is 0 Å². The number of hydrogen-bond donors (Lipinski definition) is 0. The Labute approximate surface area is 85.4 Å². The van der Waals surface area contributed by atoms with E-state index in [0.29, 0.717) is 0 Å². The fourth-order valence-corrected chi connectivity index (χ4v) is 1.12. The molecule has 0 aromatic carbocycles. The van der Waals surface area contributed by atoms with Gasteiger partial charge in [-0.3, -0.25) is 4.18 Å².